The standard InChI is InChI=1S/C21H30N2O3S/c1-14-6-8-18(9-7-14)22-27(25,26)19-10-11-20-17(13-19)12-15(2)23(20)21(24)16-4-3-5-16/h10-11,13-16,18,22H,3-9,12H2,1-2H3. The molecular weight excluding hydrogens is 360 g/mol. The Morgan fingerprint density at radius 3 is 2.41 bits per heavy atom. The molecule has 1 amide bonds. The number of benzene rings is 1. The minimum Gasteiger partial charge on any atom is -0.309 e. The van der Waals surface area contributed by atoms with E-state index in [2.05, 4.69) is 11.6 Å². The normalized spacial score (nSPS) is 28.7. The Balaban J connectivity index is 1.52. The number of carbonyl (C=O) groups excluding carboxylic acids is 1. The highest BCUT2D eigenvalue weighted by Crippen LogP contribution is 2.38. The first-order valence-electron chi connectivity index (χ1n) is 10.3. The summed E-state index contributed by atoms with van der Waals surface area (Å²) in [4.78, 5) is 15.0. The van der Waals surface area contributed by atoms with Gasteiger partial charge in [0.05, 0.1) is 4.90 Å². The minimum atomic E-state index is -3.52. The van der Waals surface area contributed by atoms with Gasteiger partial charge in [0, 0.05) is 23.7 Å². The predicted molar refractivity (Wildman–Crippen MR) is 106 cm³/mol. The summed E-state index contributed by atoms with van der Waals surface area (Å²) in [5, 5.41) is 0. The summed E-state index contributed by atoms with van der Waals surface area (Å²) in [6.45, 7) is 4.27. The third-order valence-corrected chi connectivity index (χ3v) is 8.12. The first-order valence-corrected chi connectivity index (χ1v) is 11.8. The van der Waals surface area contributed by atoms with Crippen molar-refractivity contribution in [3.05, 3.63) is 23.8 Å². The SMILES string of the molecule is CC1CCC(NS(=O)(=O)c2ccc3c(c2)CC(C)N3C(=O)C2CCC2)CC1. The van der Waals surface area contributed by atoms with E-state index in [4.69, 9.17) is 0 Å². The van der Waals surface area contributed by atoms with Crippen molar-refractivity contribution in [3.8, 4) is 0 Å². The Bertz CT molecular complexity index is 824. The van der Waals surface area contributed by atoms with Crippen LogP contribution in [0, 0.1) is 11.8 Å². The van der Waals surface area contributed by atoms with Crippen LogP contribution in [0.5, 0.6) is 0 Å². The van der Waals surface area contributed by atoms with Crippen LogP contribution in [0.2, 0.25) is 0 Å². The number of rotatable bonds is 4. The molecule has 6 heteroatoms. The summed E-state index contributed by atoms with van der Waals surface area (Å²) in [7, 11) is -3.52. The van der Waals surface area contributed by atoms with Gasteiger partial charge in [-0.25, -0.2) is 13.1 Å². The number of anilines is 1. The zero-order valence-electron chi connectivity index (χ0n) is 16.3. The van der Waals surface area contributed by atoms with Gasteiger partial charge < -0.3 is 4.90 Å². The van der Waals surface area contributed by atoms with E-state index in [1.54, 1.807) is 12.1 Å². The van der Waals surface area contributed by atoms with E-state index >= 15 is 0 Å². The Morgan fingerprint density at radius 2 is 1.78 bits per heavy atom. The van der Waals surface area contributed by atoms with Crippen molar-refractivity contribution in [1.29, 1.82) is 0 Å². The number of hydrogen-bond acceptors (Lipinski definition) is 3. The largest absolute Gasteiger partial charge is 0.309 e. The molecule has 1 aliphatic heterocycles. The molecule has 5 nitrogen and oxygen atoms in total. The van der Waals surface area contributed by atoms with Gasteiger partial charge in [0.25, 0.3) is 0 Å². The van der Waals surface area contributed by atoms with Crippen LogP contribution in [0.4, 0.5) is 5.69 Å². The van der Waals surface area contributed by atoms with Gasteiger partial charge in [0.1, 0.15) is 0 Å². The fourth-order valence-electron chi connectivity index (χ4n) is 4.63. The number of nitrogens with zero attached hydrogens (tertiary/aromatic N) is 1. The molecule has 4 rings (SSSR count). The smallest absolute Gasteiger partial charge is 0.240 e. The van der Waals surface area contributed by atoms with Crippen LogP contribution < -0.4 is 9.62 Å². The number of carbonyl (C=O) groups is 1. The third kappa shape index (κ3) is 3.66. The van der Waals surface area contributed by atoms with Crippen LogP contribution in [-0.2, 0) is 21.2 Å². The molecule has 0 saturated heterocycles. The molecule has 0 spiro atoms. The molecule has 1 aromatic carbocycles. The fraction of sp³-hybridized carbons (Fsp3) is 0.667. The Morgan fingerprint density at radius 1 is 1.07 bits per heavy atom. The summed E-state index contributed by atoms with van der Waals surface area (Å²) in [6, 6.07) is 5.39. The number of hydrogen-bond donors (Lipinski definition) is 1. The second kappa shape index (κ2) is 7.21. The Labute approximate surface area is 162 Å². The lowest BCUT2D eigenvalue weighted by molar-refractivity contribution is -0.125. The van der Waals surface area contributed by atoms with E-state index in [1.165, 1.54) is 0 Å². The van der Waals surface area contributed by atoms with E-state index in [-0.39, 0.29) is 23.9 Å². The molecule has 1 unspecified atom stereocenters. The average molecular weight is 391 g/mol. The second-order valence-electron chi connectivity index (χ2n) is 8.76. The van der Waals surface area contributed by atoms with Gasteiger partial charge in [0.15, 0.2) is 0 Å². The van der Waals surface area contributed by atoms with Crippen molar-refractivity contribution in [2.75, 3.05) is 4.90 Å². The van der Waals surface area contributed by atoms with Gasteiger partial charge in [-0.1, -0.05) is 13.3 Å². The van der Waals surface area contributed by atoms with Crippen LogP contribution in [0.1, 0.15) is 64.4 Å². The molecule has 0 aromatic heterocycles. The zero-order chi connectivity index (χ0) is 19.2. The molecule has 3 aliphatic rings. The molecule has 148 valence electrons. The van der Waals surface area contributed by atoms with E-state index in [9.17, 15) is 13.2 Å². The molecule has 0 bridgehead atoms. The molecule has 2 saturated carbocycles. The number of amides is 1. The van der Waals surface area contributed by atoms with Gasteiger partial charge in [-0.05, 0) is 81.5 Å². The molecule has 27 heavy (non-hydrogen) atoms. The summed E-state index contributed by atoms with van der Waals surface area (Å²) in [5.41, 5.74) is 1.86. The van der Waals surface area contributed by atoms with Gasteiger partial charge in [-0.3, -0.25) is 4.79 Å². The predicted octanol–water partition coefficient (Wildman–Crippen LogP) is 3.62. The maximum atomic E-state index is 12.9. The lowest BCUT2D eigenvalue weighted by Gasteiger charge is -2.32. The van der Waals surface area contributed by atoms with Crippen LogP contribution >= 0.6 is 0 Å². The average Bonchev–Trinajstić information content (AvgIpc) is 2.90. The van der Waals surface area contributed by atoms with Crippen LogP contribution in [0.3, 0.4) is 0 Å². The summed E-state index contributed by atoms with van der Waals surface area (Å²) in [5.74, 6) is 1.04. The lowest BCUT2D eigenvalue weighted by Crippen LogP contribution is -2.42. The van der Waals surface area contributed by atoms with Crippen molar-refractivity contribution in [3.63, 3.8) is 0 Å². The molecule has 1 aromatic rings. The first-order chi connectivity index (χ1) is 12.8. The van der Waals surface area contributed by atoms with Gasteiger partial charge in [-0.15, -0.1) is 0 Å². The molecular formula is C21H30N2O3S. The van der Waals surface area contributed by atoms with E-state index in [1.807, 2.05) is 17.9 Å². The van der Waals surface area contributed by atoms with Crippen molar-refractivity contribution >= 4 is 21.6 Å². The van der Waals surface area contributed by atoms with Crippen LogP contribution in [0.15, 0.2) is 23.1 Å². The van der Waals surface area contributed by atoms with Gasteiger partial charge in [0.2, 0.25) is 15.9 Å². The highest BCUT2D eigenvalue weighted by Gasteiger charge is 2.37. The Kier molecular flexibility index (Phi) is 5.06. The van der Waals surface area contributed by atoms with Crippen molar-refractivity contribution in [2.45, 2.75) is 82.2 Å². The van der Waals surface area contributed by atoms with Crippen molar-refractivity contribution in [2.24, 2.45) is 11.8 Å². The summed E-state index contributed by atoms with van der Waals surface area (Å²) < 4.78 is 28.6. The quantitative estimate of drug-likeness (QED) is 0.854. The monoisotopic (exact) mass is 390 g/mol. The molecule has 1 heterocycles. The molecule has 0 radical (unpaired) electrons. The van der Waals surface area contributed by atoms with Gasteiger partial charge >= 0.3 is 0 Å². The topological polar surface area (TPSA) is 66.5 Å². The second-order valence-corrected chi connectivity index (χ2v) is 10.5. The molecule has 1 atom stereocenters. The number of sulfonamides is 1. The van der Waals surface area contributed by atoms with Crippen LogP contribution in [0.25, 0.3) is 0 Å². The maximum absolute atomic E-state index is 12.9. The summed E-state index contributed by atoms with van der Waals surface area (Å²) >= 11 is 0. The zero-order valence-corrected chi connectivity index (χ0v) is 17.1. The molecule has 1 N–H and O–H groups in total. The highest BCUT2D eigenvalue weighted by molar-refractivity contribution is 7.89. The number of nitrogens with one attached hydrogen (secondary N) is 1. The van der Waals surface area contributed by atoms with Crippen LogP contribution in [-0.4, -0.2) is 26.4 Å². The highest BCUT2D eigenvalue weighted by atomic mass is 32.2. The van der Waals surface area contributed by atoms with Crippen molar-refractivity contribution in [1.82, 2.24) is 4.72 Å². The minimum absolute atomic E-state index is 0.0371. The first kappa shape index (κ1) is 18.9. The maximum Gasteiger partial charge on any atom is 0.240 e. The molecule has 2 fully saturated rings. The van der Waals surface area contributed by atoms with E-state index in [0.717, 1.165) is 62.6 Å². The van der Waals surface area contributed by atoms with Crippen molar-refractivity contribution < 1.29 is 13.2 Å². The fourth-order valence-corrected chi connectivity index (χ4v) is 5.98. The third-order valence-electron chi connectivity index (χ3n) is 6.61. The molecule has 2 aliphatic carbocycles. The van der Waals surface area contributed by atoms with E-state index in [0.29, 0.717) is 10.8 Å². The summed E-state index contributed by atoms with van der Waals surface area (Å²) in [6.07, 6.45) is 7.78. The van der Waals surface area contributed by atoms with E-state index < -0.39 is 10.0 Å². The van der Waals surface area contributed by atoms with Gasteiger partial charge in [-0.2, -0.15) is 0 Å². The lowest BCUT2D eigenvalue weighted by atomic mass is 9.84. The Hall–Kier alpha value is -1.40. The number of fused-ring (bicyclic) bond motifs is 1.